The average Bonchev–Trinajstić information content (AvgIpc) is 2.45. The molecule has 1 rings (SSSR count). The first-order valence-corrected chi connectivity index (χ1v) is 3.16. The van der Waals surface area contributed by atoms with Gasteiger partial charge >= 0.3 is 0 Å². The molecule has 0 amide bonds. The normalized spacial score (nSPS) is 21.4. The van der Waals surface area contributed by atoms with Gasteiger partial charge in [-0.1, -0.05) is 0 Å². The van der Waals surface area contributed by atoms with Crippen LogP contribution in [-0.4, -0.2) is 37.1 Å². The minimum atomic E-state index is -0.929. The molecule has 3 nitrogen and oxygen atoms in total. The second-order valence-electron chi connectivity index (χ2n) is 2.91. The second kappa shape index (κ2) is 1.99. The van der Waals surface area contributed by atoms with Crippen molar-refractivity contribution >= 4 is 5.97 Å². The molecule has 0 aromatic heterocycles. The summed E-state index contributed by atoms with van der Waals surface area (Å²) in [5, 5.41) is 9.95. The highest BCUT2D eigenvalue weighted by Crippen LogP contribution is 2.16. The van der Waals surface area contributed by atoms with Crippen LogP contribution in [0.5, 0.6) is 0 Å². The topological polar surface area (TPSA) is 40.1 Å². The Bertz CT molecular complexity index is 129. The highest BCUT2D eigenvalue weighted by Gasteiger charge is 2.35. The third-order valence-corrected chi connectivity index (χ3v) is 1.84. The van der Waals surface area contributed by atoms with Crippen molar-refractivity contribution in [3.8, 4) is 0 Å². The monoisotopic (exact) mass is 129 g/mol. The number of carbonyl (C=O) groups excluding carboxylic acids is 1. The van der Waals surface area contributed by atoms with Gasteiger partial charge in [-0.2, -0.15) is 0 Å². The van der Waals surface area contributed by atoms with Crippen molar-refractivity contribution in [3.05, 3.63) is 0 Å². The van der Waals surface area contributed by atoms with Crippen LogP contribution in [0.2, 0.25) is 0 Å². The number of carboxylic acids is 1. The largest absolute Gasteiger partial charge is 0.550 e. The van der Waals surface area contributed by atoms with Crippen LogP contribution in [0.25, 0.3) is 0 Å². The van der Waals surface area contributed by atoms with Gasteiger partial charge < -0.3 is 14.4 Å². The van der Waals surface area contributed by atoms with Crippen LogP contribution >= 0.6 is 0 Å². The van der Waals surface area contributed by atoms with Gasteiger partial charge in [0.05, 0.1) is 13.6 Å². The molecule has 0 radical (unpaired) electrons. The number of quaternary nitrogens is 1. The standard InChI is InChI=1S/C6H11NO2/c1-7(4-5-7)3-2-6(8)9/h2-5H2,1H3. The minimum absolute atomic E-state index is 0.205. The van der Waals surface area contributed by atoms with E-state index in [1.54, 1.807) is 0 Å². The van der Waals surface area contributed by atoms with Crippen molar-refractivity contribution in [3.63, 3.8) is 0 Å². The summed E-state index contributed by atoms with van der Waals surface area (Å²) in [5.41, 5.74) is 0. The number of carboxylic acid groups (broad SMARTS) is 1. The third kappa shape index (κ3) is 2.01. The Hall–Kier alpha value is -0.570. The fraction of sp³-hybridized carbons (Fsp3) is 0.833. The van der Waals surface area contributed by atoms with Crippen molar-refractivity contribution in [1.29, 1.82) is 0 Å². The molecule has 1 aliphatic rings. The lowest BCUT2D eigenvalue weighted by Crippen LogP contribution is -2.30. The zero-order valence-corrected chi connectivity index (χ0v) is 5.59. The van der Waals surface area contributed by atoms with Gasteiger partial charge in [-0.15, -0.1) is 0 Å². The SMILES string of the molecule is C[N+]1(CCC(=O)[O-])CC1. The lowest BCUT2D eigenvalue weighted by atomic mass is 10.4. The highest BCUT2D eigenvalue weighted by atomic mass is 16.4. The van der Waals surface area contributed by atoms with Crippen LogP contribution in [0.4, 0.5) is 0 Å². The second-order valence-corrected chi connectivity index (χ2v) is 2.91. The van der Waals surface area contributed by atoms with Crippen molar-refractivity contribution < 1.29 is 14.4 Å². The molecule has 0 aliphatic carbocycles. The number of hydrogen-bond acceptors (Lipinski definition) is 2. The molecule has 1 heterocycles. The first-order chi connectivity index (χ1) is 4.12. The Morgan fingerprint density at radius 2 is 2.22 bits per heavy atom. The van der Waals surface area contributed by atoms with Crippen LogP contribution in [0.1, 0.15) is 6.42 Å². The average molecular weight is 129 g/mol. The molecule has 3 heteroatoms. The molecule has 0 atom stereocenters. The number of nitrogens with zero attached hydrogens (tertiary/aromatic N) is 1. The molecular formula is C6H11NO2. The Labute approximate surface area is 54.5 Å². The summed E-state index contributed by atoms with van der Waals surface area (Å²) in [6.07, 6.45) is 0.205. The zero-order chi connectivity index (χ0) is 6.91. The molecular weight excluding hydrogens is 118 g/mol. The molecule has 52 valence electrons. The number of hydrogen-bond donors (Lipinski definition) is 0. The van der Waals surface area contributed by atoms with E-state index < -0.39 is 5.97 Å². The van der Waals surface area contributed by atoms with Gasteiger partial charge in [0.15, 0.2) is 0 Å². The van der Waals surface area contributed by atoms with Gasteiger partial charge in [0.25, 0.3) is 0 Å². The predicted octanol–water partition coefficient (Wildman–Crippen LogP) is -1.41. The van der Waals surface area contributed by atoms with Crippen LogP contribution in [0.15, 0.2) is 0 Å². The van der Waals surface area contributed by atoms with Crippen molar-refractivity contribution in [2.45, 2.75) is 6.42 Å². The summed E-state index contributed by atoms with van der Waals surface area (Å²) in [5.74, 6) is -0.929. The summed E-state index contributed by atoms with van der Waals surface area (Å²) in [6.45, 7) is 3.00. The van der Waals surface area contributed by atoms with E-state index in [1.165, 1.54) is 0 Å². The Morgan fingerprint density at radius 3 is 2.56 bits per heavy atom. The van der Waals surface area contributed by atoms with Gasteiger partial charge in [-0.05, 0) is 0 Å². The molecule has 1 saturated heterocycles. The lowest BCUT2D eigenvalue weighted by Gasteiger charge is -2.10. The molecule has 9 heavy (non-hydrogen) atoms. The Kier molecular flexibility index (Phi) is 1.45. The van der Waals surface area contributed by atoms with Gasteiger partial charge in [0.1, 0.15) is 13.1 Å². The quantitative estimate of drug-likeness (QED) is 0.347. The highest BCUT2D eigenvalue weighted by molar-refractivity contribution is 5.64. The van der Waals surface area contributed by atoms with E-state index in [0.717, 1.165) is 24.1 Å². The van der Waals surface area contributed by atoms with Crippen LogP contribution in [-0.2, 0) is 4.79 Å². The molecule has 1 fully saturated rings. The minimum Gasteiger partial charge on any atom is -0.550 e. The van der Waals surface area contributed by atoms with E-state index in [0.29, 0.717) is 0 Å². The Balaban J connectivity index is 2.12. The van der Waals surface area contributed by atoms with E-state index in [-0.39, 0.29) is 6.42 Å². The fourth-order valence-electron chi connectivity index (χ4n) is 0.756. The number of rotatable bonds is 3. The van der Waals surface area contributed by atoms with Gasteiger partial charge in [-0.25, -0.2) is 0 Å². The van der Waals surface area contributed by atoms with Gasteiger partial charge in [0, 0.05) is 12.4 Å². The number of carbonyl (C=O) groups is 1. The van der Waals surface area contributed by atoms with E-state index in [2.05, 4.69) is 7.05 Å². The van der Waals surface area contributed by atoms with E-state index in [1.807, 2.05) is 0 Å². The first kappa shape index (κ1) is 6.55. The van der Waals surface area contributed by atoms with Gasteiger partial charge in [0.2, 0.25) is 0 Å². The van der Waals surface area contributed by atoms with E-state index >= 15 is 0 Å². The van der Waals surface area contributed by atoms with Gasteiger partial charge in [-0.3, -0.25) is 0 Å². The van der Waals surface area contributed by atoms with E-state index in [9.17, 15) is 9.90 Å². The number of aliphatic carboxylic acids is 1. The maximum absolute atomic E-state index is 9.95. The maximum atomic E-state index is 9.95. The van der Waals surface area contributed by atoms with Crippen molar-refractivity contribution in [2.24, 2.45) is 0 Å². The molecule has 0 spiro atoms. The molecule has 0 aromatic rings. The summed E-state index contributed by atoms with van der Waals surface area (Å²) in [6, 6.07) is 0. The predicted molar refractivity (Wildman–Crippen MR) is 30.4 cm³/mol. The summed E-state index contributed by atoms with van der Waals surface area (Å²) >= 11 is 0. The van der Waals surface area contributed by atoms with Crippen LogP contribution in [0.3, 0.4) is 0 Å². The van der Waals surface area contributed by atoms with E-state index in [4.69, 9.17) is 0 Å². The molecule has 0 aromatic carbocycles. The summed E-state index contributed by atoms with van der Waals surface area (Å²) in [7, 11) is 2.06. The zero-order valence-electron chi connectivity index (χ0n) is 5.59. The first-order valence-electron chi connectivity index (χ1n) is 3.16. The van der Waals surface area contributed by atoms with Crippen LogP contribution < -0.4 is 5.11 Å². The third-order valence-electron chi connectivity index (χ3n) is 1.84. The van der Waals surface area contributed by atoms with Crippen molar-refractivity contribution in [2.75, 3.05) is 26.7 Å². The lowest BCUT2D eigenvalue weighted by molar-refractivity contribution is -0.776. The molecule has 0 saturated carbocycles. The molecule has 1 aliphatic heterocycles. The fourth-order valence-corrected chi connectivity index (χ4v) is 0.756. The van der Waals surface area contributed by atoms with Crippen LogP contribution in [0, 0.1) is 0 Å². The summed E-state index contributed by atoms with van der Waals surface area (Å²) < 4.78 is 0.925. The smallest absolute Gasteiger partial charge is 0.128 e. The Morgan fingerprint density at radius 1 is 1.67 bits per heavy atom. The maximum Gasteiger partial charge on any atom is 0.128 e. The summed E-state index contributed by atoms with van der Waals surface area (Å²) in [4.78, 5) is 9.95. The molecule has 0 bridgehead atoms. The van der Waals surface area contributed by atoms with Crippen molar-refractivity contribution in [1.82, 2.24) is 0 Å². The number of likely N-dealkylation sites (N-methyl/N-ethyl adjacent to an activating group) is 1. The molecule has 0 N–H and O–H groups in total. The molecule has 0 unspecified atom stereocenters.